The molecule has 4 rings (SSSR count). The van der Waals surface area contributed by atoms with E-state index in [1.54, 1.807) is 0 Å². The van der Waals surface area contributed by atoms with Gasteiger partial charge in [-0.15, -0.1) is 0 Å². The van der Waals surface area contributed by atoms with Crippen LogP contribution in [0.5, 0.6) is 0 Å². The zero-order chi connectivity index (χ0) is 16.4. The van der Waals surface area contributed by atoms with Crippen molar-refractivity contribution < 1.29 is 0 Å². The first kappa shape index (κ1) is 16.2. The molecule has 0 radical (unpaired) electrons. The quantitative estimate of drug-likeness (QED) is 0.861. The van der Waals surface area contributed by atoms with Gasteiger partial charge >= 0.3 is 0 Å². The van der Waals surface area contributed by atoms with Gasteiger partial charge in [0.25, 0.3) is 0 Å². The van der Waals surface area contributed by atoms with Crippen LogP contribution in [0.4, 0.5) is 0 Å². The summed E-state index contributed by atoms with van der Waals surface area (Å²) in [6, 6.07) is 21.7. The molecule has 1 N–H and O–H groups in total. The third-order valence-corrected chi connectivity index (χ3v) is 6.75. The Balaban J connectivity index is 1.40. The highest BCUT2D eigenvalue weighted by atomic mass is 32.2. The molecular formula is C21H26N2S. The van der Waals surface area contributed by atoms with Crippen LogP contribution in [0.3, 0.4) is 0 Å². The Bertz CT molecular complexity index is 659. The SMILES string of the molecule is CN1C2CCC1CC(NCc1ccccc1Sc1ccccc1)C2. The van der Waals surface area contributed by atoms with Gasteiger partial charge in [-0.25, -0.2) is 0 Å². The summed E-state index contributed by atoms with van der Waals surface area (Å²) in [4.78, 5) is 5.28. The molecule has 2 bridgehead atoms. The van der Waals surface area contributed by atoms with E-state index in [1.807, 2.05) is 11.8 Å². The minimum atomic E-state index is 0.675. The van der Waals surface area contributed by atoms with Crippen LogP contribution in [0.25, 0.3) is 0 Å². The lowest BCUT2D eigenvalue weighted by atomic mass is 9.98. The van der Waals surface area contributed by atoms with Gasteiger partial charge in [0, 0.05) is 34.5 Å². The van der Waals surface area contributed by atoms with E-state index in [0.29, 0.717) is 6.04 Å². The molecule has 2 unspecified atom stereocenters. The van der Waals surface area contributed by atoms with E-state index < -0.39 is 0 Å². The van der Waals surface area contributed by atoms with E-state index in [4.69, 9.17) is 0 Å². The first-order valence-electron chi connectivity index (χ1n) is 9.06. The van der Waals surface area contributed by atoms with E-state index in [9.17, 15) is 0 Å². The molecule has 2 aromatic rings. The highest BCUT2D eigenvalue weighted by molar-refractivity contribution is 7.99. The standard InChI is InChI=1S/C21H26N2S/c1-23-18-11-12-19(23)14-17(13-18)22-15-16-7-5-6-10-21(16)24-20-8-3-2-4-9-20/h2-10,17-19,22H,11-15H2,1H3. The summed E-state index contributed by atoms with van der Waals surface area (Å²) in [5.41, 5.74) is 1.41. The fourth-order valence-corrected chi connectivity index (χ4v) is 5.16. The molecule has 2 aliphatic rings. The van der Waals surface area contributed by atoms with Crippen molar-refractivity contribution in [1.29, 1.82) is 0 Å². The second-order valence-corrected chi connectivity index (χ2v) is 8.24. The van der Waals surface area contributed by atoms with Gasteiger partial charge in [-0.1, -0.05) is 48.2 Å². The zero-order valence-corrected chi connectivity index (χ0v) is 15.1. The van der Waals surface area contributed by atoms with Crippen molar-refractivity contribution in [3.63, 3.8) is 0 Å². The summed E-state index contributed by atoms with van der Waals surface area (Å²) in [7, 11) is 2.31. The molecule has 2 nitrogen and oxygen atoms in total. The van der Waals surface area contributed by atoms with Crippen LogP contribution < -0.4 is 5.32 Å². The molecule has 2 saturated heterocycles. The minimum absolute atomic E-state index is 0.675. The van der Waals surface area contributed by atoms with Crippen LogP contribution in [-0.2, 0) is 6.54 Å². The first-order valence-corrected chi connectivity index (χ1v) is 9.87. The van der Waals surface area contributed by atoms with Crippen molar-refractivity contribution >= 4 is 11.8 Å². The summed E-state index contributed by atoms with van der Waals surface area (Å²) in [6.07, 6.45) is 5.39. The number of hydrogen-bond donors (Lipinski definition) is 1. The Labute approximate surface area is 149 Å². The maximum absolute atomic E-state index is 3.85. The zero-order valence-electron chi connectivity index (χ0n) is 14.3. The Morgan fingerprint density at radius 1 is 0.958 bits per heavy atom. The Morgan fingerprint density at radius 3 is 2.38 bits per heavy atom. The van der Waals surface area contributed by atoms with E-state index in [-0.39, 0.29) is 0 Å². The monoisotopic (exact) mass is 338 g/mol. The fraction of sp³-hybridized carbons (Fsp3) is 0.429. The lowest BCUT2D eigenvalue weighted by Gasteiger charge is -2.36. The third kappa shape index (κ3) is 3.53. The Kier molecular flexibility index (Phi) is 4.93. The Hall–Kier alpha value is -1.29. The molecule has 0 aliphatic carbocycles. The summed E-state index contributed by atoms with van der Waals surface area (Å²) < 4.78 is 0. The maximum atomic E-state index is 3.85. The van der Waals surface area contributed by atoms with Crippen LogP contribution in [-0.4, -0.2) is 30.1 Å². The van der Waals surface area contributed by atoms with Gasteiger partial charge in [0.2, 0.25) is 0 Å². The summed E-state index contributed by atoms with van der Waals surface area (Å²) in [5.74, 6) is 0. The molecule has 126 valence electrons. The number of nitrogens with zero attached hydrogens (tertiary/aromatic N) is 1. The van der Waals surface area contributed by atoms with Crippen molar-refractivity contribution in [2.45, 2.75) is 60.1 Å². The third-order valence-electron chi connectivity index (χ3n) is 5.62. The van der Waals surface area contributed by atoms with Crippen LogP contribution in [0.2, 0.25) is 0 Å². The lowest BCUT2D eigenvalue weighted by Crippen LogP contribution is -2.47. The Morgan fingerprint density at radius 2 is 1.62 bits per heavy atom. The number of rotatable bonds is 5. The van der Waals surface area contributed by atoms with Crippen LogP contribution in [0, 0.1) is 0 Å². The van der Waals surface area contributed by atoms with E-state index in [1.165, 1.54) is 41.0 Å². The van der Waals surface area contributed by atoms with Gasteiger partial charge in [-0.3, -0.25) is 0 Å². The van der Waals surface area contributed by atoms with Crippen molar-refractivity contribution in [3.8, 4) is 0 Å². The highest BCUT2D eigenvalue weighted by Gasteiger charge is 2.38. The molecule has 3 heteroatoms. The van der Waals surface area contributed by atoms with E-state index >= 15 is 0 Å². The topological polar surface area (TPSA) is 15.3 Å². The predicted molar refractivity (Wildman–Crippen MR) is 101 cm³/mol. The van der Waals surface area contributed by atoms with Crippen molar-refractivity contribution in [2.75, 3.05) is 7.05 Å². The molecule has 0 amide bonds. The van der Waals surface area contributed by atoms with Crippen LogP contribution >= 0.6 is 11.8 Å². The lowest BCUT2D eigenvalue weighted by molar-refractivity contribution is 0.148. The van der Waals surface area contributed by atoms with Crippen molar-refractivity contribution in [2.24, 2.45) is 0 Å². The molecule has 0 aromatic heterocycles. The molecule has 0 spiro atoms. The fourth-order valence-electron chi connectivity index (χ4n) is 4.20. The minimum Gasteiger partial charge on any atom is -0.310 e. The predicted octanol–water partition coefficient (Wildman–Crippen LogP) is 4.55. The number of hydrogen-bond acceptors (Lipinski definition) is 3. The normalized spacial score (nSPS) is 26.6. The second-order valence-electron chi connectivity index (χ2n) is 7.12. The average Bonchev–Trinajstić information content (AvgIpc) is 2.83. The van der Waals surface area contributed by atoms with Crippen molar-refractivity contribution in [3.05, 3.63) is 60.2 Å². The molecule has 2 heterocycles. The second kappa shape index (κ2) is 7.30. The van der Waals surface area contributed by atoms with Gasteiger partial charge in [-0.05, 0) is 56.5 Å². The van der Waals surface area contributed by atoms with Gasteiger partial charge in [0.1, 0.15) is 0 Å². The van der Waals surface area contributed by atoms with Crippen LogP contribution in [0.15, 0.2) is 64.4 Å². The van der Waals surface area contributed by atoms with Gasteiger partial charge in [-0.2, -0.15) is 0 Å². The molecular weight excluding hydrogens is 312 g/mol. The first-order chi connectivity index (χ1) is 11.8. The van der Waals surface area contributed by atoms with Gasteiger partial charge in [0.15, 0.2) is 0 Å². The number of fused-ring (bicyclic) bond motifs is 2. The molecule has 24 heavy (non-hydrogen) atoms. The molecule has 2 aliphatic heterocycles. The smallest absolute Gasteiger partial charge is 0.0219 e. The van der Waals surface area contributed by atoms with Gasteiger partial charge in [0.05, 0.1) is 0 Å². The largest absolute Gasteiger partial charge is 0.310 e. The summed E-state index contributed by atoms with van der Waals surface area (Å²) >= 11 is 1.87. The number of nitrogens with one attached hydrogen (secondary N) is 1. The maximum Gasteiger partial charge on any atom is 0.0219 e. The van der Waals surface area contributed by atoms with Gasteiger partial charge < -0.3 is 10.2 Å². The summed E-state index contributed by atoms with van der Waals surface area (Å²) in [6.45, 7) is 0.976. The summed E-state index contributed by atoms with van der Waals surface area (Å²) in [5, 5.41) is 3.85. The van der Waals surface area contributed by atoms with Crippen LogP contribution in [0.1, 0.15) is 31.2 Å². The molecule has 2 fully saturated rings. The van der Waals surface area contributed by atoms with E-state index in [0.717, 1.165) is 18.6 Å². The number of benzene rings is 2. The molecule has 2 aromatic carbocycles. The number of piperidine rings is 1. The molecule has 0 saturated carbocycles. The highest BCUT2D eigenvalue weighted by Crippen LogP contribution is 2.35. The van der Waals surface area contributed by atoms with E-state index in [2.05, 4.69) is 71.9 Å². The average molecular weight is 339 g/mol. The molecule has 2 atom stereocenters. The van der Waals surface area contributed by atoms with Crippen molar-refractivity contribution in [1.82, 2.24) is 10.2 Å².